The van der Waals surface area contributed by atoms with Crippen molar-refractivity contribution < 1.29 is 4.79 Å². The highest BCUT2D eigenvalue weighted by atomic mass is 79.9. The minimum absolute atomic E-state index is 0.172. The molecule has 0 aliphatic carbocycles. The first-order valence-electron chi connectivity index (χ1n) is 6.47. The zero-order chi connectivity index (χ0) is 14.7. The standard InChI is InChI=1S/C16H18BrNOS/c1-11-4-5-13(6-12(11)2)16(19)9-18(3)8-15-7-14(17)10-20-15/h4-7,10H,8-9H2,1-3H3. The quantitative estimate of drug-likeness (QED) is 0.742. The van der Waals surface area contributed by atoms with Gasteiger partial charge in [0, 0.05) is 26.8 Å². The van der Waals surface area contributed by atoms with Gasteiger partial charge in [-0.05, 0) is 60.1 Å². The van der Waals surface area contributed by atoms with Crippen LogP contribution in [0.2, 0.25) is 0 Å². The zero-order valence-electron chi connectivity index (χ0n) is 11.9. The summed E-state index contributed by atoms with van der Waals surface area (Å²) in [4.78, 5) is 15.6. The molecule has 0 saturated carbocycles. The number of likely N-dealkylation sites (N-methyl/N-ethyl adjacent to an activating group) is 1. The van der Waals surface area contributed by atoms with Crippen molar-refractivity contribution >= 4 is 33.0 Å². The molecular formula is C16H18BrNOS. The van der Waals surface area contributed by atoms with Crippen molar-refractivity contribution in [2.75, 3.05) is 13.6 Å². The molecule has 0 aliphatic heterocycles. The average molecular weight is 352 g/mol. The maximum absolute atomic E-state index is 12.3. The number of carbonyl (C=O) groups is 1. The van der Waals surface area contributed by atoms with Crippen molar-refractivity contribution in [3.05, 3.63) is 55.7 Å². The summed E-state index contributed by atoms with van der Waals surface area (Å²) in [6, 6.07) is 8.01. The lowest BCUT2D eigenvalue weighted by Gasteiger charge is -2.15. The van der Waals surface area contributed by atoms with Crippen molar-refractivity contribution in [3.63, 3.8) is 0 Å². The van der Waals surface area contributed by atoms with Crippen LogP contribution in [0.15, 0.2) is 34.1 Å². The number of benzene rings is 1. The van der Waals surface area contributed by atoms with Gasteiger partial charge in [-0.3, -0.25) is 9.69 Å². The number of aryl methyl sites for hydroxylation is 2. The maximum atomic E-state index is 12.3. The molecule has 0 spiro atoms. The number of hydrogen-bond donors (Lipinski definition) is 0. The molecule has 2 aromatic rings. The third kappa shape index (κ3) is 4.01. The summed E-state index contributed by atoms with van der Waals surface area (Å²) in [6.07, 6.45) is 0. The second kappa shape index (κ2) is 6.66. The summed E-state index contributed by atoms with van der Waals surface area (Å²) in [7, 11) is 1.98. The Bertz CT molecular complexity index is 621. The van der Waals surface area contributed by atoms with E-state index in [2.05, 4.69) is 39.2 Å². The number of rotatable bonds is 5. The van der Waals surface area contributed by atoms with Gasteiger partial charge in [0.15, 0.2) is 5.78 Å². The van der Waals surface area contributed by atoms with Crippen LogP contribution in [0.4, 0.5) is 0 Å². The molecule has 0 unspecified atom stereocenters. The maximum Gasteiger partial charge on any atom is 0.176 e. The molecule has 0 N–H and O–H groups in total. The van der Waals surface area contributed by atoms with E-state index in [1.54, 1.807) is 11.3 Å². The molecule has 0 amide bonds. The van der Waals surface area contributed by atoms with Gasteiger partial charge in [0.1, 0.15) is 0 Å². The van der Waals surface area contributed by atoms with E-state index in [1.165, 1.54) is 16.0 Å². The van der Waals surface area contributed by atoms with Crippen molar-refractivity contribution in [2.24, 2.45) is 0 Å². The lowest BCUT2D eigenvalue weighted by molar-refractivity contribution is 0.0943. The van der Waals surface area contributed by atoms with Gasteiger partial charge in [0.2, 0.25) is 0 Å². The summed E-state index contributed by atoms with van der Waals surface area (Å²) >= 11 is 5.15. The number of Topliss-reactive ketones (excluding diaryl/α,β-unsaturated/α-hetero) is 1. The van der Waals surface area contributed by atoms with Crippen LogP contribution in [0.5, 0.6) is 0 Å². The normalized spacial score (nSPS) is 11.1. The molecule has 2 rings (SSSR count). The fourth-order valence-electron chi connectivity index (χ4n) is 2.01. The van der Waals surface area contributed by atoms with Gasteiger partial charge in [-0.2, -0.15) is 0 Å². The predicted octanol–water partition coefficient (Wildman–Crippen LogP) is 4.44. The van der Waals surface area contributed by atoms with Gasteiger partial charge >= 0.3 is 0 Å². The Morgan fingerprint density at radius 2 is 2.00 bits per heavy atom. The molecule has 20 heavy (non-hydrogen) atoms. The third-order valence-corrected chi connectivity index (χ3v) is 4.97. The van der Waals surface area contributed by atoms with Crippen molar-refractivity contribution in [1.29, 1.82) is 0 Å². The molecule has 2 nitrogen and oxygen atoms in total. The molecule has 106 valence electrons. The molecule has 1 heterocycles. The molecule has 0 radical (unpaired) electrons. The Labute approximate surface area is 132 Å². The Kier molecular flexibility index (Phi) is 5.13. The molecule has 0 bridgehead atoms. The van der Waals surface area contributed by atoms with Crippen molar-refractivity contribution in [1.82, 2.24) is 4.90 Å². The van der Waals surface area contributed by atoms with E-state index in [-0.39, 0.29) is 5.78 Å². The third-order valence-electron chi connectivity index (χ3n) is 3.29. The Morgan fingerprint density at radius 1 is 1.25 bits per heavy atom. The zero-order valence-corrected chi connectivity index (χ0v) is 14.3. The summed E-state index contributed by atoms with van der Waals surface area (Å²) < 4.78 is 1.10. The summed E-state index contributed by atoms with van der Waals surface area (Å²) in [6.45, 7) is 5.34. The van der Waals surface area contributed by atoms with E-state index < -0.39 is 0 Å². The SMILES string of the molecule is Cc1ccc(C(=O)CN(C)Cc2cc(Br)cs2)cc1C. The number of thiophene rings is 1. The number of halogens is 1. The molecule has 0 fully saturated rings. The van der Waals surface area contributed by atoms with Crippen LogP contribution in [0.25, 0.3) is 0 Å². The first-order chi connectivity index (χ1) is 9.45. The van der Waals surface area contributed by atoms with Crippen LogP contribution in [0.1, 0.15) is 26.4 Å². The smallest absolute Gasteiger partial charge is 0.176 e. The molecule has 1 aromatic heterocycles. The predicted molar refractivity (Wildman–Crippen MR) is 88.6 cm³/mol. The Morgan fingerprint density at radius 3 is 2.60 bits per heavy atom. The van der Waals surface area contributed by atoms with Crippen molar-refractivity contribution in [3.8, 4) is 0 Å². The van der Waals surface area contributed by atoms with E-state index in [9.17, 15) is 4.79 Å². The van der Waals surface area contributed by atoms with Gasteiger partial charge in [0.05, 0.1) is 6.54 Å². The highest BCUT2D eigenvalue weighted by Gasteiger charge is 2.11. The van der Waals surface area contributed by atoms with Crippen LogP contribution in [-0.4, -0.2) is 24.3 Å². The van der Waals surface area contributed by atoms with Crippen LogP contribution >= 0.6 is 27.3 Å². The monoisotopic (exact) mass is 351 g/mol. The number of nitrogens with zero attached hydrogens (tertiary/aromatic N) is 1. The topological polar surface area (TPSA) is 20.3 Å². The van der Waals surface area contributed by atoms with E-state index in [4.69, 9.17) is 0 Å². The highest BCUT2D eigenvalue weighted by Crippen LogP contribution is 2.21. The lowest BCUT2D eigenvalue weighted by atomic mass is 10.0. The second-order valence-corrected chi connectivity index (χ2v) is 7.04. The fourth-order valence-corrected chi connectivity index (χ4v) is 3.54. The summed E-state index contributed by atoms with van der Waals surface area (Å²) in [5.74, 6) is 0.172. The fraction of sp³-hybridized carbons (Fsp3) is 0.312. The molecule has 0 aliphatic rings. The largest absolute Gasteiger partial charge is 0.294 e. The van der Waals surface area contributed by atoms with Crippen LogP contribution in [-0.2, 0) is 6.54 Å². The first-order valence-corrected chi connectivity index (χ1v) is 8.15. The molecule has 4 heteroatoms. The van der Waals surface area contributed by atoms with E-state index in [0.717, 1.165) is 16.6 Å². The van der Waals surface area contributed by atoms with Crippen LogP contribution in [0, 0.1) is 13.8 Å². The van der Waals surface area contributed by atoms with Crippen LogP contribution < -0.4 is 0 Å². The van der Waals surface area contributed by atoms with Gasteiger partial charge in [-0.1, -0.05) is 12.1 Å². The van der Waals surface area contributed by atoms with E-state index in [0.29, 0.717) is 6.54 Å². The minimum atomic E-state index is 0.172. The van der Waals surface area contributed by atoms with Gasteiger partial charge in [-0.25, -0.2) is 0 Å². The number of ketones is 1. The number of hydrogen-bond acceptors (Lipinski definition) is 3. The van der Waals surface area contributed by atoms with E-state index >= 15 is 0 Å². The van der Waals surface area contributed by atoms with Gasteiger partial charge in [0.25, 0.3) is 0 Å². The van der Waals surface area contributed by atoms with E-state index in [1.807, 2.05) is 32.2 Å². The van der Waals surface area contributed by atoms with Crippen LogP contribution in [0.3, 0.4) is 0 Å². The molecular weight excluding hydrogens is 334 g/mol. The lowest BCUT2D eigenvalue weighted by Crippen LogP contribution is -2.25. The average Bonchev–Trinajstić information content (AvgIpc) is 2.77. The molecule has 0 atom stereocenters. The van der Waals surface area contributed by atoms with Gasteiger partial charge in [-0.15, -0.1) is 11.3 Å². The summed E-state index contributed by atoms with van der Waals surface area (Å²) in [5.41, 5.74) is 3.19. The number of carbonyl (C=O) groups excluding carboxylic acids is 1. The summed E-state index contributed by atoms with van der Waals surface area (Å²) in [5, 5.41) is 2.06. The minimum Gasteiger partial charge on any atom is -0.294 e. The molecule has 0 saturated heterocycles. The second-order valence-electron chi connectivity index (χ2n) is 5.13. The van der Waals surface area contributed by atoms with Crippen molar-refractivity contribution in [2.45, 2.75) is 20.4 Å². The van der Waals surface area contributed by atoms with Gasteiger partial charge < -0.3 is 0 Å². The first kappa shape index (κ1) is 15.4. The molecule has 1 aromatic carbocycles. The highest BCUT2D eigenvalue weighted by molar-refractivity contribution is 9.10. The Hall–Kier alpha value is -0.970. The Balaban J connectivity index is 1.98.